The Morgan fingerprint density at radius 3 is 2.51 bits per heavy atom. The van der Waals surface area contributed by atoms with E-state index in [-0.39, 0.29) is 12.6 Å². The lowest BCUT2D eigenvalue weighted by atomic mass is 10.0. The summed E-state index contributed by atoms with van der Waals surface area (Å²) >= 11 is 8.05. The van der Waals surface area contributed by atoms with E-state index in [0.29, 0.717) is 6.61 Å². The van der Waals surface area contributed by atoms with Crippen LogP contribution in [-0.2, 0) is 0 Å². The van der Waals surface area contributed by atoms with Gasteiger partial charge in [-0.25, -0.2) is 0 Å². The maximum Gasteiger partial charge on any atom is 0.153 e. The number of fused-ring (bicyclic) bond motifs is 3. The van der Waals surface area contributed by atoms with E-state index in [2.05, 4.69) is 35.0 Å². The molecule has 0 atom stereocenters. The second-order valence-corrected chi connectivity index (χ2v) is 11.1. The van der Waals surface area contributed by atoms with E-state index in [1.807, 2.05) is 48.7 Å². The van der Waals surface area contributed by atoms with Crippen molar-refractivity contribution in [1.82, 2.24) is 15.1 Å². The maximum atomic E-state index is 12.6. The number of H-pyrrole nitrogens is 1. The number of nitrogens with zero attached hydrogens (tertiary/aromatic N) is 2. The zero-order valence-electron chi connectivity index (χ0n) is 20.7. The van der Waals surface area contributed by atoms with Crippen molar-refractivity contribution in [3.63, 3.8) is 0 Å². The molecule has 5 aromatic rings. The van der Waals surface area contributed by atoms with Crippen molar-refractivity contribution in [1.29, 1.82) is 0 Å². The third kappa shape index (κ3) is 4.67. The predicted octanol–water partition coefficient (Wildman–Crippen LogP) is 7.79. The second kappa shape index (κ2) is 9.97. The Balaban J connectivity index is 1.29. The van der Waals surface area contributed by atoms with Gasteiger partial charge in [-0.3, -0.25) is 14.4 Å². The molecule has 1 N–H and O–H groups in total. The van der Waals surface area contributed by atoms with Crippen LogP contribution in [0.4, 0.5) is 4.39 Å². The summed E-state index contributed by atoms with van der Waals surface area (Å²) in [5.41, 5.74) is 4.34. The van der Waals surface area contributed by atoms with Gasteiger partial charge >= 0.3 is 0 Å². The molecule has 5 nitrogen and oxygen atoms in total. The molecule has 37 heavy (non-hydrogen) atoms. The topological polar surface area (TPSA) is 50.4 Å². The number of likely N-dealkylation sites (tertiary alicyclic amines) is 1. The predicted molar refractivity (Wildman–Crippen MR) is 149 cm³/mol. The largest absolute Gasteiger partial charge is 0.492 e. The summed E-state index contributed by atoms with van der Waals surface area (Å²) in [6.45, 7) is 6.96. The first-order chi connectivity index (χ1) is 18.0. The summed E-state index contributed by atoms with van der Waals surface area (Å²) < 4.78 is 26.2. The fourth-order valence-electron chi connectivity index (χ4n) is 5.06. The van der Waals surface area contributed by atoms with Crippen molar-refractivity contribution in [3.8, 4) is 27.7 Å². The Kier molecular flexibility index (Phi) is 6.53. The van der Waals surface area contributed by atoms with Crippen molar-refractivity contribution in [2.45, 2.75) is 13.8 Å². The van der Waals surface area contributed by atoms with Crippen LogP contribution in [0.15, 0.2) is 54.7 Å². The van der Waals surface area contributed by atoms with Crippen LogP contribution in [0.2, 0.25) is 5.02 Å². The van der Waals surface area contributed by atoms with Gasteiger partial charge in [-0.05, 0) is 73.5 Å². The van der Waals surface area contributed by atoms with Crippen molar-refractivity contribution in [2.24, 2.45) is 5.92 Å². The number of rotatable bonds is 8. The number of hydrogen-bond donors (Lipinski definition) is 1. The zero-order chi connectivity index (χ0) is 25.5. The summed E-state index contributed by atoms with van der Waals surface area (Å²) in [4.78, 5) is 3.28. The van der Waals surface area contributed by atoms with E-state index in [0.717, 1.165) is 84.5 Å². The first kappa shape index (κ1) is 24.2. The fraction of sp³-hybridized carbons (Fsp3) is 0.276. The van der Waals surface area contributed by atoms with Gasteiger partial charge in [-0.15, -0.1) is 11.3 Å². The minimum atomic E-state index is -0.232. The smallest absolute Gasteiger partial charge is 0.153 e. The summed E-state index contributed by atoms with van der Waals surface area (Å²) in [5, 5.41) is 10.2. The monoisotopic (exact) mass is 535 g/mol. The van der Waals surface area contributed by atoms with E-state index in [1.54, 1.807) is 11.3 Å². The third-order valence-corrected chi connectivity index (χ3v) is 8.38. The molecule has 0 aliphatic carbocycles. The molecule has 1 aliphatic rings. The van der Waals surface area contributed by atoms with Gasteiger partial charge in [-0.1, -0.05) is 11.6 Å². The van der Waals surface area contributed by atoms with Crippen LogP contribution in [0, 0.1) is 19.8 Å². The quantitative estimate of drug-likeness (QED) is 0.220. The first-order valence-electron chi connectivity index (χ1n) is 12.3. The molecule has 3 heterocycles. The molecule has 1 saturated heterocycles. The Hall–Kier alpha value is -3.13. The average Bonchev–Trinajstić information content (AvgIpc) is 3.46. The number of hydrogen-bond acceptors (Lipinski definition) is 5. The molecule has 1 aliphatic heterocycles. The minimum Gasteiger partial charge on any atom is -0.492 e. The molecule has 0 saturated carbocycles. The van der Waals surface area contributed by atoms with Gasteiger partial charge in [0, 0.05) is 51.6 Å². The summed E-state index contributed by atoms with van der Waals surface area (Å²) in [7, 11) is 0. The molecule has 0 bridgehead atoms. The molecular formula is C29H27ClFN3O2S. The molecule has 1 fully saturated rings. The summed E-state index contributed by atoms with van der Waals surface area (Å²) in [6.07, 6.45) is 1.87. The molecule has 8 heteroatoms. The van der Waals surface area contributed by atoms with Gasteiger partial charge in [0.25, 0.3) is 0 Å². The van der Waals surface area contributed by atoms with Crippen molar-refractivity contribution in [2.75, 3.05) is 32.9 Å². The van der Waals surface area contributed by atoms with Gasteiger partial charge in [-0.2, -0.15) is 5.10 Å². The highest BCUT2D eigenvalue weighted by atomic mass is 35.5. The van der Waals surface area contributed by atoms with Crippen LogP contribution in [-0.4, -0.2) is 48.0 Å². The maximum absolute atomic E-state index is 12.6. The van der Waals surface area contributed by atoms with Gasteiger partial charge < -0.3 is 9.47 Å². The number of aromatic nitrogens is 2. The SMILES string of the molecule is Cc1cc(Cl)cc(C)c1-c1sc2c(ccc3[nH]ncc32)c1Oc1ccc(OCCN2CC(CF)C2)cc1. The van der Waals surface area contributed by atoms with Crippen LogP contribution in [0.25, 0.3) is 31.4 Å². The molecule has 3 aromatic carbocycles. The van der Waals surface area contributed by atoms with Crippen LogP contribution in [0.5, 0.6) is 17.2 Å². The highest BCUT2D eigenvalue weighted by Crippen LogP contribution is 2.50. The molecular weight excluding hydrogens is 509 g/mol. The second-order valence-electron chi connectivity index (χ2n) is 9.65. The number of benzene rings is 3. The number of alkyl halides is 1. The Morgan fingerprint density at radius 2 is 1.78 bits per heavy atom. The molecule has 190 valence electrons. The molecule has 0 spiro atoms. The highest BCUT2D eigenvalue weighted by Gasteiger charge is 2.26. The van der Waals surface area contributed by atoms with E-state index in [1.165, 1.54) is 0 Å². The van der Waals surface area contributed by atoms with Gasteiger partial charge in [0.2, 0.25) is 0 Å². The average molecular weight is 536 g/mol. The molecule has 0 amide bonds. The number of ether oxygens (including phenoxy) is 2. The van der Waals surface area contributed by atoms with Crippen molar-refractivity contribution < 1.29 is 13.9 Å². The Labute approximate surface area is 223 Å². The van der Waals surface area contributed by atoms with Gasteiger partial charge in [0.05, 0.1) is 23.3 Å². The molecule has 6 rings (SSSR count). The van der Waals surface area contributed by atoms with E-state index in [4.69, 9.17) is 21.1 Å². The number of aryl methyl sites for hydroxylation is 2. The normalized spacial score (nSPS) is 14.4. The van der Waals surface area contributed by atoms with E-state index in [9.17, 15) is 4.39 Å². The highest BCUT2D eigenvalue weighted by molar-refractivity contribution is 7.23. The minimum absolute atomic E-state index is 0.194. The van der Waals surface area contributed by atoms with Crippen molar-refractivity contribution >= 4 is 43.9 Å². The third-order valence-electron chi connectivity index (χ3n) is 6.93. The zero-order valence-corrected chi connectivity index (χ0v) is 22.3. The number of halogens is 2. The lowest BCUT2D eigenvalue weighted by Crippen LogP contribution is -2.49. The van der Waals surface area contributed by atoms with Crippen LogP contribution < -0.4 is 9.47 Å². The van der Waals surface area contributed by atoms with Crippen LogP contribution in [0.1, 0.15) is 11.1 Å². The van der Waals surface area contributed by atoms with E-state index < -0.39 is 0 Å². The lowest BCUT2D eigenvalue weighted by Gasteiger charge is -2.37. The van der Waals surface area contributed by atoms with Crippen LogP contribution in [0.3, 0.4) is 0 Å². The number of thiophene rings is 1. The standard InChI is InChI=1S/C29H27ClFN3O2S/c1-17-11-20(30)12-18(2)26(17)29-27(23-7-8-25-24(14-32-33-25)28(23)37-29)36-22-5-3-21(4-6-22)35-10-9-34-15-19(13-31)16-34/h3-8,11-12,14,19H,9-10,13,15-16H2,1-2H3,(H,32,33). The first-order valence-corrected chi connectivity index (χ1v) is 13.5. The Morgan fingerprint density at radius 1 is 1.05 bits per heavy atom. The fourth-order valence-corrected chi connectivity index (χ4v) is 6.80. The van der Waals surface area contributed by atoms with Crippen LogP contribution >= 0.6 is 22.9 Å². The Bertz CT molecular complexity index is 1550. The summed E-state index contributed by atoms with van der Waals surface area (Å²) in [5.74, 6) is 2.54. The molecule has 2 aromatic heterocycles. The van der Waals surface area contributed by atoms with E-state index >= 15 is 0 Å². The lowest BCUT2D eigenvalue weighted by molar-refractivity contribution is 0.0668. The van der Waals surface area contributed by atoms with Crippen molar-refractivity contribution in [3.05, 3.63) is 70.9 Å². The van der Waals surface area contributed by atoms with Gasteiger partial charge in [0.15, 0.2) is 5.75 Å². The number of nitrogens with one attached hydrogen (secondary N) is 1. The van der Waals surface area contributed by atoms with Gasteiger partial charge in [0.1, 0.15) is 18.1 Å². The number of aromatic amines is 1. The summed E-state index contributed by atoms with van der Waals surface area (Å²) in [6, 6.07) is 15.8. The molecule has 0 radical (unpaired) electrons. The molecule has 0 unspecified atom stereocenters.